The molecule has 0 bridgehead atoms. The molecular formula is C14H18F3NO2. The maximum atomic E-state index is 13.1. The number of benzene rings is 1. The first-order valence-electron chi connectivity index (χ1n) is 6.57. The van der Waals surface area contributed by atoms with Crippen LogP contribution < -0.4 is 14.8 Å². The summed E-state index contributed by atoms with van der Waals surface area (Å²) in [5.41, 5.74) is 0.955. The number of fused-ring (bicyclic) bond motifs is 1. The minimum absolute atomic E-state index is 0.0198. The Morgan fingerprint density at radius 2 is 2.15 bits per heavy atom. The molecule has 112 valence electrons. The van der Waals surface area contributed by atoms with Gasteiger partial charge >= 0.3 is 6.18 Å². The van der Waals surface area contributed by atoms with E-state index in [0.717, 1.165) is 5.56 Å². The summed E-state index contributed by atoms with van der Waals surface area (Å²) in [5, 5.41) is 2.30. The number of hydrogen-bond acceptors (Lipinski definition) is 3. The topological polar surface area (TPSA) is 30.5 Å². The van der Waals surface area contributed by atoms with Crippen molar-refractivity contribution in [2.24, 2.45) is 0 Å². The van der Waals surface area contributed by atoms with Crippen molar-refractivity contribution in [1.82, 2.24) is 5.32 Å². The van der Waals surface area contributed by atoms with Crippen LogP contribution in [0.2, 0.25) is 0 Å². The zero-order valence-corrected chi connectivity index (χ0v) is 11.7. The van der Waals surface area contributed by atoms with Crippen LogP contribution in [0.1, 0.15) is 31.0 Å². The molecule has 6 heteroatoms. The van der Waals surface area contributed by atoms with Gasteiger partial charge < -0.3 is 14.8 Å². The maximum Gasteiger partial charge on any atom is 0.408 e. The molecule has 2 atom stereocenters. The van der Waals surface area contributed by atoms with Crippen molar-refractivity contribution in [3.8, 4) is 11.5 Å². The SMILES string of the molecule is CCOc1cc2c(cc1C(NC)C(F)(F)F)OC(C)C2. The molecule has 0 fully saturated rings. The van der Waals surface area contributed by atoms with Gasteiger partial charge in [-0.05, 0) is 33.0 Å². The molecule has 0 aromatic heterocycles. The molecule has 0 saturated carbocycles. The van der Waals surface area contributed by atoms with Gasteiger partial charge in [-0.15, -0.1) is 0 Å². The van der Waals surface area contributed by atoms with E-state index in [1.807, 2.05) is 6.92 Å². The summed E-state index contributed by atoms with van der Waals surface area (Å²) in [4.78, 5) is 0. The van der Waals surface area contributed by atoms with Gasteiger partial charge in [-0.25, -0.2) is 0 Å². The Balaban J connectivity index is 2.48. The predicted molar refractivity (Wildman–Crippen MR) is 69.3 cm³/mol. The van der Waals surface area contributed by atoms with Gasteiger partial charge in [0.05, 0.1) is 6.61 Å². The van der Waals surface area contributed by atoms with E-state index in [1.165, 1.54) is 13.1 Å². The van der Waals surface area contributed by atoms with E-state index >= 15 is 0 Å². The van der Waals surface area contributed by atoms with E-state index in [4.69, 9.17) is 9.47 Å². The molecule has 1 heterocycles. The molecule has 20 heavy (non-hydrogen) atoms. The molecule has 1 aliphatic heterocycles. The Kier molecular flexibility index (Phi) is 4.13. The molecule has 3 nitrogen and oxygen atoms in total. The summed E-state index contributed by atoms with van der Waals surface area (Å²) in [6.07, 6.45) is -3.72. The van der Waals surface area contributed by atoms with Gasteiger partial charge in [0.1, 0.15) is 23.6 Å². The van der Waals surface area contributed by atoms with Crippen LogP contribution in [0.4, 0.5) is 13.2 Å². The van der Waals surface area contributed by atoms with Gasteiger partial charge in [-0.1, -0.05) is 0 Å². The molecule has 2 unspecified atom stereocenters. The quantitative estimate of drug-likeness (QED) is 0.923. The molecule has 2 rings (SSSR count). The summed E-state index contributed by atoms with van der Waals surface area (Å²) in [6.45, 7) is 3.95. The average Bonchev–Trinajstić information content (AvgIpc) is 2.68. The van der Waals surface area contributed by atoms with Crippen molar-refractivity contribution in [3.05, 3.63) is 23.3 Å². The fraction of sp³-hybridized carbons (Fsp3) is 0.571. The number of alkyl halides is 3. The standard InChI is InChI=1S/C14H18F3NO2/c1-4-19-12-6-9-5-8(2)20-11(9)7-10(12)13(18-3)14(15,16)17/h6-8,13,18H,4-5H2,1-3H3. The third-order valence-electron chi connectivity index (χ3n) is 3.26. The molecule has 1 N–H and O–H groups in total. The monoisotopic (exact) mass is 289 g/mol. The minimum Gasteiger partial charge on any atom is -0.494 e. The number of ether oxygens (including phenoxy) is 2. The van der Waals surface area contributed by atoms with E-state index in [1.54, 1.807) is 13.0 Å². The van der Waals surface area contributed by atoms with Crippen molar-refractivity contribution in [1.29, 1.82) is 0 Å². The van der Waals surface area contributed by atoms with Crippen LogP contribution in [-0.4, -0.2) is 25.9 Å². The van der Waals surface area contributed by atoms with E-state index in [-0.39, 0.29) is 17.4 Å². The van der Waals surface area contributed by atoms with Crippen LogP contribution in [-0.2, 0) is 6.42 Å². The molecule has 1 aromatic rings. The van der Waals surface area contributed by atoms with E-state index in [2.05, 4.69) is 5.32 Å². The van der Waals surface area contributed by atoms with Crippen molar-refractivity contribution in [3.63, 3.8) is 0 Å². The smallest absolute Gasteiger partial charge is 0.408 e. The highest BCUT2D eigenvalue weighted by atomic mass is 19.4. The van der Waals surface area contributed by atoms with Gasteiger partial charge in [0.2, 0.25) is 0 Å². The summed E-state index contributed by atoms with van der Waals surface area (Å²) < 4.78 is 50.2. The Morgan fingerprint density at radius 3 is 2.70 bits per heavy atom. The number of hydrogen-bond donors (Lipinski definition) is 1. The number of rotatable bonds is 4. The van der Waals surface area contributed by atoms with Gasteiger partial charge in [-0.2, -0.15) is 13.2 Å². The zero-order chi connectivity index (χ0) is 14.9. The van der Waals surface area contributed by atoms with E-state index < -0.39 is 12.2 Å². The molecule has 1 aromatic carbocycles. The summed E-state index contributed by atoms with van der Waals surface area (Å²) in [5.74, 6) is 0.779. The van der Waals surface area contributed by atoms with Crippen molar-refractivity contribution < 1.29 is 22.6 Å². The summed E-state index contributed by atoms with van der Waals surface area (Å²) in [6, 6.07) is 1.33. The highest BCUT2D eigenvalue weighted by molar-refractivity contribution is 5.50. The second-order valence-corrected chi connectivity index (χ2v) is 4.83. The van der Waals surface area contributed by atoms with Crippen LogP contribution in [0.3, 0.4) is 0 Å². The van der Waals surface area contributed by atoms with Crippen LogP contribution >= 0.6 is 0 Å². The first-order valence-corrected chi connectivity index (χ1v) is 6.57. The van der Waals surface area contributed by atoms with Gasteiger partial charge in [0, 0.05) is 17.5 Å². The molecular weight excluding hydrogens is 271 g/mol. The van der Waals surface area contributed by atoms with E-state index in [9.17, 15) is 13.2 Å². The Hall–Kier alpha value is -1.43. The fourth-order valence-electron chi connectivity index (χ4n) is 2.46. The molecule has 0 radical (unpaired) electrons. The lowest BCUT2D eigenvalue weighted by molar-refractivity contribution is -0.156. The largest absolute Gasteiger partial charge is 0.494 e. The average molecular weight is 289 g/mol. The third-order valence-corrected chi connectivity index (χ3v) is 3.26. The normalized spacial score (nSPS) is 19.4. The van der Waals surface area contributed by atoms with Gasteiger partial charge in [0.15, 0.2) is 0 Å². The molecule has 0 amide bonds. The highest BCUT2D eigenvalue weighted by Crippen LogP contribution is 2.42. The first kappa shape index (κ1) is 15.0. The highest BCUT2D eigenvalue weighted by Gasteiger charge is 2.42. The number of halogens is 3. The zero-order valence-electron chi connectivity index (χ0n) is 11.7. The fourth-order valence-corrected chi connectivity index (χ4v) is 2.46. The Morgan fingerprint density at radius 1 is 1.45 bits per heavy atom. The molecule has 1 aliphatic rings. The summed E-state index contributed by atoms with van der Waals surface area (Å²) >= 11 is 0. The van der Waals surface area contributed by atoms with Crippen molar-refractivity contribution in [2.75, 3.05) is 13.7 Å². The van der Waals surface area contributed by atoms with Crippen molar-refractivity contribution in [2.45, 2.75) is 38.6 Å². The van der Waals surface area contributed by atoms with Crippen LogP contribution in [0, 0.1) is 0 Å². The predicted octanol–water partition coefficient (Wildman–Crippen LogP) is 3.23. The van der Waals surface area contributed by atoms with Crippen molar-refractivity contribution >= 4 is 0 Å². The van der Waals surface area contributed by atoms with Crippen LogP contribution in [0.5, 0.6) is 11.5 Å². The molecule has 0 aliphatic carbocycles. The Bertz CT molecular complexity index is 488. The van der Waals surface area contributed by atoms with Gasteiger partial charge in [0.25, 0.3) is 0 Å². The maximum absolute atomic E-state index is 13.1. The number of nitrogens with one attached hydrogen (secondary N) is 1. The van der Waals surface area contributed by atoms with Crippen LogP contribution in [0.25, 0.3) is 0 Å². The second kappa shape index (κ2) is 5.52. The lowest BCUT2D eigenvalue weighted by Crippen LogP contribution is -2.32. The lowest BCUT2D eigenvalue weighted by atomic mass is 10.0. The van der Waals surface area contributed by atoms with Gasteiger partial charge in [-0.3, -0.25) is 0 Å². The summed E-state index contributed by atoms with van der Waals surface area (Å²) in [7, 11) is 1.28. The van der Waals surface area contributed by atoms with Crippen LogP contribution in [0.15, 0.2) is 12.1 Å². The molecule has 0 spiro atoms. The Labute approximate surface area is 116 Å². The van der Waals surface area contributed by atoms with E-state index in [0.29, 0.717) is 18.8 Å². The second-order valence-electron chi connectivity index (χ2n) is 4.83. The molecule has 0 saturated heterocycles. The third kappa shape index (κ3) is 2.85. The first-order chi connectivity index (χ1) is 9.36. The lowest BCUT2D eigenvalue weighted by Gasteiger charge is -2.23. The minimum atomic E-state index is -4.39.